The highest BCUT2D eigenvalue weighted by Crippen LogP contribution is 2.24. The monoisotopic (exact) mass is 225 g/mol. The van der Waals surface area contributed by atoms with E-state index in [0.29, 0.717) is 0 Å². The maximum absolute atomic E-state index is 12.2. The molecule has 1 aromatic rings. The van der Waals surface area contributed by atoms with Gasteiger partial charge in [0.05, 0.1) is 10.6 Å². The summed E-state index contributed by atoms with van der Waals surface area (Å²) in [4.78, 5) is 14.0. The van der Waals surface area contributed by atoms with E-state index in [4.69, 9.17) is 23.2 Å². The number of rotatable bonds is 2. The Hall–Kier alpha value is -0.740. The van der Waals surface area contributed by atoms with E-state index in [0.717, 1.165) is 12.3 Å². The molecule has 13 heavy (non-hydrogen) atoms. The van der Waals surface area contributed by atoms with Gasteiger partial charge >= 0.3 is 0 Å². The van der Waals surface area contributed by atoms with E-state index >= 15 is 0 Å². The topological polar surface area (TPSA) is 30.0 Å². The van der Waals surface area contributed by atoms with E-state index in [-0.39, 0.29) is 10.6 Å². The van der Waals surface area contributed by atoms with E-state index in [1.807, 2.05) is 0 Å². The van der Waals surface area contributed by atoms with Gasteiger partial charge in [-0.05, 0) is 17.7 Å². The Bertz CT molecular complexity index is 343. The van der Waals surface area contributed by atoms with Crippen molar-refractivity contribution in [2.45, 2.75) is 6.43 Å². The second kappa shape index (κ2) is 3.98. The summed E-state index contributed by atoms with van der Waals surface area (Å²) in [5.74, 6) is 0. The molecule has 0 atom stereocenters. The summed E-state index contributed by atoms with van der Waals surface area (Å²) in [6, 6.07) is 1.06. The van der Waals surface area contributed by atoms with Crippen molar-refractivity contribution in [3.63, 3.8) is 0 Å². The van der Waals surface area contributed by atoms with E-state index in [2.05, 4.69) is 4.98 Å². The summed E-state index contributed by atoms with van der Waals surface area (Å²) in [6.07, 6.45) is -1.80. The summed E-state index contributed by atoms with van der Waals surface area (Å²) < 4.78 is 24.4. The van der Waals surface area contributed by atoms with Crippen LogP contribution in [0.25, 0.3) is 0 Å². The first-order valence-corrected chi connectivity index (χ1v) is 3.91. The lowest BCUT2D eigenvalue weighted by Crippen LogP contribution is -2.01. The van der Waals surface area contributed by atoms with Crippen molar-refractivity contribution in [1.82, 2.24) is 4.98 Å². The molecule has 0 aliphatic carbocycles. The predicted octanol–water partition coefficient (Wildman–Crippen LogP) is 3.05. The third kappa shape index (κ3) is 2.35. The number of carbonyl (C=O) groups excluding carboxylic acids is 1. The van der Waals surface area contributed by atoms with Crippen molar-refractivity contribution in [2.24, 2.45) is 0 Å². The lowest BCUT2D eigenvalue weighted by molar-refractivity contribution is 0.106. The third-order valence-electron chi connectivity index (χ3n) is 1.30. The van der Waals surface area contributed by atoms with Crippen LogP contribution < -0.4 is 0 Å². The Morgan fingerprint density at radius 1 is 1.54 bits per heavy atom. The molecule has 1 heterocycles. The van der Waals surface area contributed by atoms with E-state index < -0.39 is 17.4 Å². The van der Waals surface area contributed by atoms with Gasteiger partial charge in [-0.25, -0.2) is 8.78 Å². The summed E-state index contributed by atoms with van der Waals surface area (Å²) >= 11 is 10.5. The Morgan fingerprint density at radius 3 is 2.62 bits per heavy atom. The number of hydrogen-bond acceptors (Lipinski definition) is 2. The molecule has 0 spiro atoms. The Morgan fingerprint density at radius 2 is 2.15 bits per heavy atom. The minimum atomic E-state index is -2.84. The summed E-state index contributed by atoms with van der Waals surface area (Å²) in [7, 11) is 0. The number of pyridine rings is 1. The van der Waals surface area contributed by atoms with Gasteiger partial charge in [-0.1, -0.05) is 11.6 Å². The van der Waals surface area contributed by atoms with Crippen LogP contribution >= 0.6 is 23.2 Å². The summed E-state index contributed by atoms with van der Waals surface area (Å²) in [5.41, 5.74) is -1.01. The van der Waals surface area contributed by atoms with Crippen LogP contribution in [-0.4, -0.2) is 10.2 Å². The van der Waals surface area contributed by atoms with Gasteiger partial charge < -0.3 is 0 Å². The Labute approximate surface area is 82.5 Å². The maximum Gasteiger partial charge on any atom is 0.281 e. The molecule has 0 bridgehead atoms. The molecule has 1 rings (SSSR count). The van der Waals surface area contributed by atoms with Gasteiger partial charge in [0.1, 0.15) is 5.69 Å². The number of halogens is 4. The molecule has 0 unspecified atom stereocenters. The fraction of sp³-hybridized carbons (Fsp3) is 0.143. The highest BCUT2D eigenvalue weighted by atomic mass is 35.5. The van der Waals surface area contributed by atoms with Crippen molar-refractivity contribution in [3.05, 3.63) is 28.5 Å². The first-order valence-electron chi connectivity index (χ1n) is 3.16. The predicted molar refractivity (Wildman–Crippen MR) is 44.4 cm³/mol. The van der Waals surface area contributed by atoms with Gasteiger partial charge in [-0.3, -0.25) is 9.78 Å². The third-order valence-corrected chi connectivity index (χ3v) is 1.71. The van der Waals surface area contributed by atoms with E-state index in [1.54, 1.807) is 0 Å². The largest absolute Gasteiger partial charge is 0.281 e. The molecule has 1 aromatic heterocycles. The number of aromatic nitrogens is 1. The highest BCUT2D eigenvalue weighted by molar-refractivity contribution is 6.68. The first-order chi connectivity index (χ1) is 6.02. The highest BCUT2D eigenvalue weighted by Gasteiger charge is 2.18. The number of alkyl halides is 2. The summed E-state index contributed by atoms with van der Waals surface area (Å²) in [6.45, 7) is 0. The maximum atomic E-state index is 12.2. The van der Waals surface area contributed by atoms with Crippen molar-refractivity contribution in [1.29, 1.82) is 0 Å². The molecule has 0 fully saturated rings. The Kier molecular flexibility index (Phi) is 3.17. The molecule has 0 N–H and O–H groups in total. The zero-order chi connectivity index (χ0) is 10.0. The smallest absolute Gasteiger partial charge is 0.276 e. The van der Waals surface area contributed by atoms with Gasteiger partial charge in [0, 0.05) is 6.20 Å². The summed E-state index contributed by atoms with van der Waals surface area (Å²) in [5, 5.41) is -0.904. The fourth-order valence-corrected chi connectivity index (χ4v) is 1.09. The molecular weight excluding hydrogens is 223 g/mol. The van der Waals surface area contributed by atoms with Crippen LogP contribution in [0.5, 0.6) is 0 Å². The number of carbonyl (C=O) groups is 1. The molecule has 70 valence electrons. The van der Waals surface area contributed by atoms with Crippen LogP contribution in [0.4, 0.5) is 8.78 Å². The van der Waals surface area contributed by atoms with Crippen molar-refractivity contribution in [2.75, 3.05) is 0 Å². The molecule has 0 aliphatic rings. The lowest BCUT2D eigenvalue weighted by atomic mass is 10.2. The fourth-order valence-electron chi connectivity index (χ4n) is 0.781. The second-order valence-electron chi connectivity index (χ2n) is 2.16. The molecule has 0 saturated carbocycles. The van der Waals surface area contributed by atoms with Gasteiger partial charge in [-0.15, -0.1) is 0 Å². The molecular formula is C7H3Cl2F2NO. The standard InChI is InChI=1S/C7H3Cl2F2NO/c8-3-1-4(6(9)13)5(7(10)11)12-2-3/h1-2,7H. The zero-order valence-electron chi connectivity index (χ0n) is 6.10. The van der Waals surface area contributed by atoms with Crippen LogP contribution in [0.2, 0.25) is 5.02 Å². The van der Waals surface area contributed by atoms with E-state index in [9.17, 15) is 13.6 Å². The minimum Gasteiger partial charge on any atom is -0.276 e. The van der Waals surface area contributed by atoms with Crippen molar-refractivity contribution < 1.29 is 13.6 Å². The molecule has 6 heteroatoms. The molecule has 0 radical (unpaired) electrons. The molecule has 0 amide bonds. The van der Waals surface area contributed by atoms with Crippen molar-refractivity contribution in [3.8, 4) is 0 Å². The van der Waals surface area contributed by atoms with Crippen LogP contribution in [-0.2, 0) is 0 Å². The minimum absolute atomic E-state index is 0.0911. The number of hydrogen-bond donors (Lipinski definition) is 0. The van der Waals surface area contributed by atoms with Crippen LogP contribution in [0, 0.1) is 0 Å². The SMILES string of the molecule is O=C(Cl)c1cc(Cl)cnc1C(F)F. The molecule has 0 aliphatic heterocycles. The first kappa shape index (κ1) is 10.3. The van der Waals surface area contributed by atoms with Crippen LogP contribution in [0.1, 0.15) is 22.5 Å². The van der Waals surface area contributed by atoms with Crippen LogP contribution in [0.15, 0.2) is 12.3 Å². The zero-order valence-corrected chi connectivity index (χ0v) is 7.61. The molecule has 2 nitrogen and oxygen atoms in total. The average Bonchev–Trinajstić information content (AvgIpc) is 2.03. The van der Waals surface area contributed by atoms with Crippen molar-refractivity contribution >= 4 is 28.4 Å². The Balaban J connectivity index is 3.27. The lowest BCUT2D eigenvalue weighted by Gasteiger charge is -2.03. The molecule has 0 aromatic carbocycles. The average molecular weight is 226 g/mol. The molecule has 0 saturated heterocycles. The van der Waals surface area contributed by atoms with Gasteiger partial charge in [-0.2, -0.15) is 0 Å². The van der Waals surface area contributed by atoms with E-state index in [1.165, 1.54) is 0 Å². The van der Waals surface area contributed by atoms with Gasteiger partial charge in [0.25, 0.3) is 11.7 Å². The van der Waals surface area contributed by atoms with Gasteiger partial charge in [0.15, 0.2) is 0 Å². The quantitative estimate of drug-likeness (QED) is 0.725. The second-order valence-corrected chi connectivity index (χ2v) is 2.94. The van der Waals surface area contributed by atoms with Gasteiger partial charge in [0.2, 0.25) is 0 Å². The van der Waals surface area contributed by atoms with Crippen LogP contribution in [0.3, 0.4) is 0 Å². The number of nitrogens with zero attached hydrogens (tertiary/aromatic N) is 1. The normalized spacial score (nSPS) is 10.5.